The second-order valence-electron chi connectivity index (χ2n) is 11.7. The molecule has 0 aliphatic rings. The molecule has 0 heterocycles. The van der Waals surface area contributed by atoms with Crippen LogP contribution in [-0.4, -0.2) is 10.2 Å². The first-order valence-corrected chi connectivity index (χ1v) is 14.7. The van der Waals surface area contributed by atoms with Gasteiger partial charge in [-0.05, 0) is 81.6 Å². The topological polar surface area (TPSA) is 40.5 Å². The highest BCUT2D eigenvalue weighted by atomic mass is 16.3. The maximum Gasteiger partial charge on any atom is 0.126 e. The Bertz CT molecular complexity index is 1750. The van der Waals surface area contributed by atoms with Crippen LogP contribution >= 0.6 is 0 Å². The van der Waals surface area contributed by atoms with Crippen LogP contribution in [0.1, 0.15) is 36.1 Å². The Hall–Kier alpha value is -5.08. The van der Waals surface area contributed by atoms with E-state index in [4.69, 9.17) is 0 Å². The zero-order valence-electron chi connectivity index (χ0n) is 25.1. The van der Waals surface area contributed by atoms with Crippen LogP contribution in [-0.2, 0) is 5.41 Å². The van der Waals surface area contributed by atoms with Gasteiger partial charge >= 0.3 is 0 Å². The molecular weight excluding hydrogens is 524 g/mol. The third kappa shape index (κ3) is 5.00. The fourth-order valence-electron chi connectivity index (χ4n) is 6.37. The smallest absolute Gasteiger partial charge is 0.126 e. The molecule has 6 rings (SSSR count). The van der Waals surface area contributed by atoms with Gasteiger partial charge in [0.2, 0.25) is 0 Å². The maximum atomic E-state index is 11.6. The predicted octanol–water partition coefficient (Wildman–Crippen LogP) is 10.7. The lowest BCUT2D eigenvalue weighted by Crippen LogP contribution is -2.23. The van der Waals surface area contributed by atoms with Crippen molar-refractivity contribution in [3.63, 3.8) is 0 Å². The second-order valence-corrected chi connectivity index (χ2v) is 11.7. The number of aromatic hydroxyl groups is 2. The molecule has 0 saturated heterocycles. The molecule has 0 unspecified atom stereocenters. The van der Waals surface area contributed by atoms with Gasteiger partial charge in [-0.3, -0.25) is 0 Å². The standard InChI is InChI=1S/C41H36O2/c1-27-37(31-21-13-7-14-22-31)35(25-33(39(27)42)29-17-9-5-10-18-29)41(3,4)36-26-34(30-19-11-6-12-20-30)40(43)28(2)38(36)32-23-15-8-16-24-32/h5-26,42-43H,1-4H3. The molecule has 0 aliphatic heterocycles. The summed E-state index contributed by atoms with van der Waals surface area (Å²) in [7, 11) is 0. The third-order valence-electron chi connectivity index (χ3n) is 8.73. The highest BCUT2D eigenvalue weighted by molar-refractivity contribution is 5.87. The van der Waals surface area contributed by atoms with Crippen LogP contribution < -0.4 is 0 Å². The van der Waals surface area contributed by atoms with Crippen LogP contribution in [0.15, 0.2) is 133 Å². The summed E-state index contributed by atoms with van der Waals surface area (Å²) in [5.74, 6) is 0.583. The van der Waals surface area contributed by atoms with Crippen molar-refractivity contribution in [2.24, 2.45) is 0 Å². The molecule has 2 nitrogen and oxygen atoms in total. The van der Waals surface area contributed by atoms with Gasteiger partial charge in [0, 0.05) is 16.5 Å². The van der Waals surface area contributed by atoms with Crippen LogP contribution in [0.3, 0.4) is 0 Å². The molecule has 0 fully saturated rings. The van der Waals surface area contributed by atoms with Gasteiger partial charge in [-0.1, -0.05) is 135 Å². The monoisotopic (exact) mass is 560 g/mol. The number of phenolic OH excluding ortho intramolecular Hbond substituents is 2. The van der Waals surface area contributed by atoms with Gasteiger partial charge in [-0.15, -0.1) is 0 Å². The van der Waals surface area contributed by atoms with E-state index in [0.717, 1.165) is 66.8 Å². The molecule has 0 bridgehead atoms. The van der Waals surface area contributed by atoms with Gasteiger partial charge in [0.15, 0.2) is 0 Å². The highest BCUT2D eigenvalue weighted by Crippen LogP contribution is 2.51. The van der Waals surface area contributed by atoms with Gasteiger partial charge in [0.1, 0.15) is 11.5 Å². The van der Waals surface area contributed by atoms with Crippen molar-refractivity contribution in [2.45, 2.75) is 33.1 Å². The van der Waals surface area contributed by atoms with Gasteiger partial charge in [-0.25, -0.2) is 0 Å². The van der Waals surface area contributed by atoms with Crippen molar-refractivity contribution in [1.82, 2.24) is 0 Å². The Balaban J connectivity index is 1.72. The third-order valence-corrected chi connectivity index (χ3v) is 8.73. The van der Waals surface area contributed by atoms with E-state index in [0.29, 0.717) is 11.5 Å². The van der Waals surface area contributed by atoms with E-state index in [-0.39, 0.29) is 0 Å². The average molecular weight is 561 g/mol. The molecule has 0 saturated carbocycles. The van der Waals surface area contributed by atoms with Crippen molar-refractivity contribution in [1.29, 1.82) is 0 Å². The first-order chi connectivity index (χ1) is 20.8. The Morgan fingerprint density at radius 1 is 0.419 bits per heavy atom. The van der Waals surface area contributed by atoms with Crippen LogP contribution in [0.2, 0.25) is 0 Å². The molecule has 6 aromatic rings. The molecule has 0 spiro atoms. The Labute approximate surface area is 254 Å². The molecule has 43 heavy (non-hydrogen) atoms. The summed E-state index contributed by atoms with van der Waals surface area (Å²) in [6.07, 6.45) is 0. The van der Waals surface area contributed by atoms with Crippen LogP contribution in [0.4, 0.5) is 0 Å². The zero-order chi connectivity index (χ0) is 30.1. The predicted molar refractivity (Wildman–Crippen MR) is 180 cm³/mol. The van der Waals surface area contributed by atoms with Gasteiger partial charge < -0.3 is 10.2 Å². The minimum Gasteiger partial charge on any atom is -0.507 e. The van der Waals surface area contributed by atoms with E-state index in [1.165, 1.54) is 0 Å². The summed E-state index contributed by atoms with van der Waals surface area (Å²) >= 11 is 0. The summed E-state index contributed by atoms with van der Waals surface area (Å²) < 4.78 is 0. The summed E-state index contributed by atoms with van der Waals surface area (Å²) in [5, 5.41) is 23.3. The minimum atomic E-state index is -0.541. The number of hydrogen-bond acceptors (Lipinski definition) is 2. The molecule has 6 aromatic carbocycles. The van der Waals surface area contributed by atoms with Crippen molar-refractivity contribution in [3.8, 4) is 56.0 Å². The Morgan fingerprint density at radius 3 is 1.00 bits per heavy atom. The van der Waals surface area contributed by atoms with E-state index in [1.54, 1.807) is 0 Å². The zero-order valence-corrected chi connectivity index (χ0v) is 25.1. The molecule has 212 valence electrons. The maximum absolute atomic E-state index is 11.6. The molecule has 0 atom stereocenters. The Morgan fingerprint density at radius 2 is 0.698 bits per heavy atom. The first-order valence-electron chi connectivity index (χ1n) is 14.7. The SMILES string of the molecule is Cc1c(O)c(-c2ccccc2)cc(C(C)(C)c2cc(-c3ccccc3)c(O)c(C)c2-c2ccccc2)c1-c1ccccc1. The fraction of sp³-hybridized carbons (Fsp3) is 0.122. The van der Waals surface area contributed by atoms with E-state index < -0.39 is 5.41 Å². The second kappa shape index (κ2) is 11.3. The lowest BCUT2D eigenvalue weighted by molar-refractivity contribution is 0.472. The lowest BCUT2D eigenvalue weighted by atomic mass is 9.69. The molecule has 0 aliphatic carbocycles. The lowest BCUT2D eigenvalue weighted by Gasteiger charge is -2.34. The fourth-order valence-corrected chi connectivity index (χ4v) is 6.37. The van der Waals surface area contributed by atoms with Crippen molar-refractivity contribution < 1.29 is 10.2 Å². The summed E-state index contributed by atoms with van der Waals surface area (Å²) in [6.45, 7) is 8.54. The molecule has 2 heteroatoms. The van der Waals surface area contributed by atoms with Gasteiger partial charge in [-0.2, -0.15) is 0 Å². The summed E-state index contributed by atoms with van der Waals surface area (Å²) in [5.41, 5.74) is 11.1. The number of phenols is 2. The normalized spacial score (nSPS) is 11.4. The summed E-state index contributed by atoms with van der Waals surface area (Å²) in [6, 6.07) is 45.2. The molecule has 0 amide bonds. The molecule has 2 N–H and O–H groups in total. The number of benzene rings is 6. The molecule has 0 aromatic heterocycles. The van der Waals surface area contributed by atoms with E-state index in [2.05, 4.69) is 50.2 Å². The van der Waals surface area contributed by atoms with Crippen LogP contribution in [0.25, 0.3) is 44.5 Å². The van der Waals surface area contributed by atoms with Crippen molar-refractivity contribution >= 4 is 0 Å². The highest BCUT2D eigenvalue weighted by Gasteiger charge is 2.34. The quantitative estimate of drug-likeness (QED) is 0.213. The van der Waals surface area contributed by atoms with Crippen LogP contribution in [0, 0.1) is 13.8 Å². The largest absolute Gasteiger partial charge is 0.507 e. The molecule has 0 radical (unpaired) electrons. The van der Waals surface area contributed by atoms with Gasteiger partial charge in [0.05, 0.1) is 0 Å². The van der Waals surface area contributed by atoms with Crippen molar-refractivity contribution in [2.75, 3.05) is 0 Å². The summed E-state index contributed by atoms with van der Waals surface area (Å²) in [4.78, 5) is 0. The van der Waals surface area contributed by atoms with Gasteiger partial charge in [0.25, 0.3) is 0 Å². The minimum absolute atomic E-state index is 0.291. The van der Waals surface area contributed by atoms with Crippen molar-refractivity contribution in [3.05, 3.63) is 156 Å². The molecular formula is C41H36O2. The Kier molecular flexibility index (Phi) is 7.38. The van der Waals surface area contributed by atoms with E-state index in [9.17, 15) is 10.2 Å². The number of rotatable bonds is 6. The van der Waals surface area contributed by atoms with E-state index >= 15 is 0 Å². The number of hydrogen-bond donors (Lipinski definition) is 2. The average Bonchev–Trinajstić information content (AvgIpc) is 3.04. The van der Waals surface area contributed by atoms with E-state index in [1.807, 2.05) is 111 Å². The first kappa shape index (κ1) is 28.1. The van der Waals surface area contributed by atoms with Crippen LogP contribution in [0.5, 0.6) is 11.5 Å².